The number of carbonyl (C=O) groups excluding carboxylic acids is 3. The van der Waals surface area contributed by atoms with Gasteiger partial charge in [-0.1, -0.05) is 13.8 Å². The van der Waals surface area contributed by atoms with Crippen LogP contribution in [0.1, 0.15) is 24.2 Å². The van der Waals surface area contributed by atoms with Gasteiger partial charge in [0.1, 0.15) is 6.54 Å². The standard InChI is InChI=1S/C14H14F2N2O3/c1-7(2)5-17-12(19)6-18-11-4-10(16)9(15)3-8(11)13(20)14(18)21/h3-4,7H,5-6H2,1-2H3,(H,17,19). The SMILES string of the molecule is CC(C)CNC(=O)CN1C(=O)C(=O)c2cc(F)c(F)cc21. The Kier molecular flexibility index (Phi) is 4.02. The van der Waals surface area contributed by atoms with Crippen molar-refractivity contribution in [3.8, 4) is 0 Å². The molecule has 1 aliphatic heterocycles. The maximum Gasteiger partial charge on any atom is 0.299 e. The van der Waals surface area contributed by atoms with Crippen molar-refractivity contribution < 1.29 is 23.2 Å². The first-order chi connectivity index (χ1) is 9.81. The molecule has 2 amide bonds. The van der Waals surface area contributed by atoms with Crippen LogP contribution in [0.5, 0.6) is 0 Å². The van der Waals surface area contributed by atoms with E-state index >= 15 is 0 Å². The van der Waals surface area contributed by atoms with Crippen molar-refractivity contribution in [2.45, 2.75) is 13.8 Å². The summed E-state index contributed by atoms with van der Waals surface area (Å²) >= 11 is 0. The maximum absolute atomic E-state index is 13.3. The van der Waals surface area contributed by atoms with E-state index < -0.39 is 35.8 Å². The minimum Gasteiger partial charge on any atom is -0.354 e. The highest BCUT2D eigenvalue weighted by atomic mass is 19.2. The molecule has 0 spiro atoms. The van der Waals surface area contributed by atoms with Gasteiger partial charge in [-0.15, -0.1) is 0 Å². The summed E-state index contributed by atoms with van der Waals surface area (Å²) in [4.78, 5) is 36.1. The van der Waals surface area contributed by atoms with Crippen LogP contribution >= 0.6 is 0 Å². The lowest BCUT2D eigenvalue weighted by atomic mass is 10.1. The number of anilines is 1. The molecule has 21 heavy (non-hydrogen) atoms. The molecule has 1 heterocycles. The Hall–Kier alpha value is -2.31. The molecule has 0 aliphatic carbocycles. The lowest BCUT2D eigenvalue weighted by molar-refractivity contribution is -0.122. The van der Waals surface area contributed by atoms with Gasteiger partial charge in [0.05, 0.1) is 11.3 Å². The minimum atomic E-state index is -1.21. The largest absolute Gasteiger partial charge is 0.354 e. The normalized spacial score (nSPS) is 13.9. The molecule has 0 saturated carbocycles. The van der Waals surface area contributed by atoms with E-state index in [0.29, 0.717) is 12.6 Å². The molecule has 1 aliphatic rings. The summed E-state index contributed by atoms with van der Waals surface area (Å²) in [5, 5.41) is 2.59. The number of hydrogen-bond donors (Lipinski definition) is 1. The first kappa shape index (κ1) is 15.1. The van der Waals surface area contributed by atoms with Crippen molar-refractivity contribution in [2.75, 3.05) is 18.0 Å². The highest BCUT2D eigenvalue weighted by Crippen LogP contribution is 2.30. The molecule has 7 heteroatoms. The molecule has 1 aromatic carbocycles. The zero-order valence-electron chi connectivity index (χ0n) is 11.6. The molecule has 112 valence electrons. The number of rotatable bonds is 4. The van der Waals surface area contributed by atoms with Gasteiger partial charge in [0, 0.05) is 12.6 Å². The molecular weight excluding hydrogens is 282 g/mol. The number of amides is 2. The Balaban J connectivity index is 2.23. The van der Waals surface area contributed by atoms with Gasteiger partial charge >= 0.3 is 0 Å². The summed E-state index contributed by atoms with van der Waals surface area (Å²) in [5.74, 6) is -4.54. The molecule has 0 fully saturated rings. The molecule has 0 unspecified atom stereocenters. The van der Waals surface area contributed by atoms with Crippen LogP contribution in [-0.4, -0.2) is 30.7 Å². The van der Waals surface area contributed by atoms with Crippen LogP contribution in [0.4, 0.5) is 14.5 Å². The third-order valence-electron chi connectivity index (χ3n) is 3.02. The monoisotopic (exact) mass is 296 g/mol. The van der Waals surface area contributed by atoms with Gasteiger partial charge in [0.25, 0.3) is 11.7 Å². The lowest BCUT2D eigenvalue weighted by Crippen LogP contribution is -2.41. The fraction of sp³-hybridized carbons (Fsp3) is 0.357. The van der Waals surface area contributed by atoms with Crippen molar-refractivity contribution in [2.24, 2.45) is 5.92 Å². The molecule has 0 atom stereocenters. The van der Waals surface area contributed by atoms with E-state index in [1.54, 1.807) is 0 Å². The highest BCUT2D eigenvalue weighted by Gasteiger charge is 2.37. The third kappa shape index (κ3) is 2.91. The van der Waals surface area contributed by atoms with Gasteiger partial charge in [0.15, 0.2) is 11.6 Å². The summed E-state index contributed by atoms with van der Waals surface area (Å²) in [6.45, 7) is 3.81. The molecule has 0 saturated heterocycles. The van der Waals surface area contributed by atoms with E-state index in [9.17, 15) is 23.2 Å². The minimum absolute atomic E-state index is 0.0800. The fourth-order valence-electron chi connectivity index (χ4n) is 1.96. The Labute approximate surface area is 119 Å². The number of Topliss-reactive ketones (excluding diaryl/α,β-unsaturated/α-hetero) is 1. The van der Waals surface area contributed by atoms with Crippen molar-refractivity contribution in [3.05, 3.63) is 29.3 Å². The lowest BCUT2D eigenvalue weighted by Gasteiger charge is -2.16. The van der Waals surface area contributed by atoms with Crippen LogP contribution in [0, 0.1) is 17.6 Å². The zero-order chi connectivity index (χ0) is 15.7. The van der Waals surface area contributed by atoms with E-state index in [-0.39, 0.29) is 17.2 Å². The van der Waals surface area contributed by atoms with Crippen molar-refractivity contribution >= 4 is 23.3 Å². The second kappa shape index (κ2) is 5.59. The van der Waals surface area contributed by atoms with Crippen LogP contribution < -0.4 is 10.2 Å². The maximum atomic E-state index is 13.3. The molecule has 0 radical (unpaired) electrons. The van der Waals surface area contributed by atoms with E-state index in [0.717, 1.165) is 11.0 Å². The highest BCUT2D eigenvalue weighted by molar-refractivity contribution is 6.52. The molecule has 2 rings (SSSR count). The Morgan fingerprint density at radius 2 is 1.86 bits per heavy atom. The van der Waals surface area contributed by atoms with Gasteiger partial charge in [-0.25, -0.2) is 8.78 Å². The van der Waals surface area contributed by atoms with Gasteiger partial charge in [-0.2, -0.15) is 0 Å². The summed E-state index contributed by atoms with van der Waals surface area (Å²) in [7, 11) is 0. The number of nitrogens with zero attached hydrogens (tertiary/aromatic N) is 1. The molecule has 1 aromatic rings. The molecule has 1 N–H and O–H groups in total. The van der Waals surface area contributed by atoms with Gasteiger partial charge in [0.2, 0.25) is 5.91 Å². The van der Waals surface area contributed by atoms with E-state index in [2.05, 4.69) is 5.32 Å². The number of halogens is 2. The predicted octanol–water partition coefficient (Wildman–Crippen LogP) is 1.27. The van der Waals surface area contributed by atoms with Gasteiger partial charge in [-0.05, 0) is 12.0 Å². The summed E-state index contributed by atoms with van der Waals surface area (Å²) in [6, 6.07) is 1.43. The topological polar surface area (TPSA) is 66.5 Å². The number of fused-ring (bicyclic) bond motifs is 1. The number of nitrogens with one attached hydrogen (secondary N) is 1. The molecule has 0 aromatic heterocycles. The molecule has 0 bridgehead atoms. The van der Waals surface area contributed by atoms with Crippen molar-refractivity contribution in [1.82, 2.24) is 5.32 Å². The average molecular weight is 296 g/mol. The van der Waals surface area contributed by atoms with Crippen molar-refractivity contribution in [1.29, 1.82) is 0 Å². The fourth-order valence-corrected chi connectivity index (χ4v) is 1.96. The summed E-state index contributed by atoms with van der Waals surface area (Å²) in [6.07, 6.45) is 0. The van der Waals surface area contributed by atoms with Crippen LogP contribution in [-0.2, 0) is 9.59 Å². The zero-order valence-corrected chi connectivity index (χ0v) is 11.6. The molecular formula is C14H14F2N2O3. The van der Waals surface area contributed by atoms with E-state index in [1.807, 2.05) is 13.8 Å². The first-order valence-electron chi connectivity index (χ1n) is 6.43. The Morgan fingerprint density at radius 3 is 2.48 bits per heavy atom. The predicted molar refractivity (Wildman–Crippen MR) is 70.9 cm³/mol. The van der Waals surface area contributed by atoms with Crippen molar-refractivity contribution in [3.63, 3.8) is 0 Å². The smallest absolute Gasteiger partial charge is 0.299 e. The van der Waals surface area contributed by atoms with Gasteiger partial charge < -0.3 is 5.32 Å². The number of hydrogen-bond acceptors (Lipinski definition) is 3. The van der Waals surface area contributed by atoms with Crippen LogP contribution in [0.15, 0.2) is 12.1 Å². The number of benzene rings is 1. The summed E-state index contributed by atoms with van der Waals surface area (Å²) in [5.41, 5.74) is -0.306. The van der Waals surface area contributed by atoms with Crippen LogP contribution in [0.25, 0.3) is 0 Å². The Morgan fingerprint density at radius 1 is 1.24 bits per heavy atom. The number of carbonyl (C=O) groups is 3. The van der Waals surface area contributed by atoms with Gasteiger partial charge in [-0.3, -0.25) is 19.3 Å². The molecule has 5 nitrogen and oxygen atoms in total. The second-order valence-electron chi connectivity index (χ2n) is 5.20. The first-order valence-corrected chi connectivity index (χ1v) is 6.43. The second-order valence-corrected chi connectivity index (χ2v) is 5.20. The quantitative estimate of drug-likeness (QED) is 0.851. The third-order valence-corrected chi connectivity index (χ3v) is 3.02. The van der Waals surface area contributed by atoms with E-state index in [1.165, 1.54) is 0 Å². The Bertz CT molecular complexity index is 629. The van der Waals surface area contributed by atoms with E-state index in [4.69, 9.17) is 0 Å². The summed E-state index contributed by atoms with van der Waals surface area (Å²) < 4.78 is 26.4. The van der Waals surface area contributed by atoms with Crippen LogP contribution in [0.2, 0.25) is 0 Å². The average Bonchev–Trinajstić information content (AvgIpc) is 2.63. The van der Waals surface area contributed by atoms with Crippen LogP contribution in [0.3, 0.4) is 0 Å². The number of ketones is 1.